The first-order valence-corrected chi connectivity index (χ1v) is 12.2. The highest BCUT2D eigenvalue weighted by atomic mass is 16.6. The maximum atomic E-state index is 12.7. The van der Waals surface area contributed by atoms with Crippen molar-refractivity contribution in [1.82, 2.24) is 9.88 Å². The molecule has 0 aliphatic carbocycles. The lowest BCUT2D eigenvalue weighted by atomic mass is 10.2. The zero-order chi connectivity index (χ0) is 25.3. The first-order chi connectivity index (χ1) is 17.5. The van der Waals surface area contributed by atoms with Crippen LogP contribution in [0.5, 0.6) is 5.75 Å². The van der Waals surface area contributed by atoms with Gasteiger partial charge in [0.25, 0.3) is 0 Å². The summed E-state index contributed by atoms with van der Waals surface area (Å²) in [6.45, 7) is 7.10. The number of ether oxygens (including phenoxy) is 2. The summed E-state index contributed by atoms with van der Waals surface area (Å²) < 4.78 is 17.3. The minimum Gasteiger partial charge on any atom is -0.493 e. The molecule has 6 heteroatoms. The number of hydrogen-bond acceptors (Lipinski definition) is 5. The number of nitrogens with zero attached hydrogens (tertiary/aromatic N) is 2. The SMILES string of the molecule is Cc1oc(-c2ccccc2)nc1CCOc1ccc(CN(C(=O)OCc2ccccc2)C(C)C)cc1. The number of amides is 1. The van der Waals surface area contributed by atoms with Gasteiger partial charge in [-0.15, -0.1) is 0 Å². The predicted octanol–water partition coefficient (Wildman–Crippen LogP) is 6.82. The highest BCUT2D eigenvalue weighted by Crippen LogP contribution is 2.22. The molecule has 0 aliphatic rings. The van der Waals surface area contributed by atoms with Crippen LogP contribution < -0.4 is 4.74 Å². The minimum absolute atomic E-state index is 0.00989. The predicted molar refractivity (Wildman–Crippen MR) is 140 cm³/mol. The van der Waals surface area contributed by atoms with Crippen LogP contribution in [0.2, 0.25) is 0 Å². The lowest BCUT2D eigenvalue weighted by Gasteiger charge is -2.26. The van der Waals surface area contributed by atoms with E-state index in [2.05, 4.69) is 4.98 Å². The van der Waals surface area contributed by atoms with Gasteiger partial charge in [-0.1, -0.05) is 60.7 Å². The van der Waals surface area contributed by atoms with E-state index in [4.69, 9.17) is 13.9 Å². The van der Waals surface area contributed by atoms with Gasteiger partial charge in [0.1, 0.15) is 18.1 Å². The molecule has 0 atom stereocenters. The van der Waals surface area contributed by atoms with Gasteiger partial charge in [-0.05, 0) is 56.2 Å². The highest BCUT2D eigenvalue weighted by Gasteiger charge is 2.19. The van der Waals surface area contributed by atoms with Gasteiger partial charge >= 0.3 is 6.09 Å². The van der Waals surface area contributed by atoms with Crippen molar-refractivity contribution in [3.8, 4) is 17.2 Å². The maximum Gasteiger partial charge on any atom is 0.410 e. The topological polar surface area (TPSA) is 64.8 Å². The molecule has 1 amide bonds. The van der Waals surface area contributed by atoms with E-state index in [1.807, 2.05) is 106 Å². The number of aromatic nitrogens is 1. The summed E-state index contributed by atoms with van der Waals surface area (Å²) in [5.41, 5.74) is 3.83. The van der Waals surface area contributed by atoms with Crippen LogP contribution in [-0.4, -0.2) is 28.6 Å². The summed E-state index contributed by atoms with van der Waals surface area (Å²) in [6, 6.07) is 27.4. The van der Waals surface area contributed by atoms with E-state index in [-0.39, 0.29) is 18.7 Å². The van der Waals surface area contributed by atoms with Gasteiger partial charge in [0.15, 0.2) is 0 Å². The second-order valence-electron chi connectivity index (χ2n) is 8.89. The molecule has 0 spiro atoms. The van der Waals surface area contributed by atoms with Crippen LogP contribution in [-0.2, 0) is 24.3 Å². The number of benzene rings is 3. The van der Waals surface area contributed by atoms with Crippen molar-refractivity contribution in [2.75, 3.05) is 6.61 Å². The van der Waals surface area contributed by atoms with Crippen molar-refractivity contribution in [2.45, 2.75) is 46.4 Å². The number of aryl methyl sites for hydroxylation is 1. The molecule has 0 bridgehead atoms. The molecule has 1 heterocycles. The smallest absolute Gasteiger partial charge is 0.410 e. The van der Waals surface area contributed by atoms with Gasteiger partial charge in [-0.3, -0.25) is 0 Å². The van der Waals surface area contributed by atoms with Gasteiger partial charge in [-0.2, -0.15) is 0 Å². The molecule has 6 nitrogen and oxygen atoms in total. The fourth-order valence-corrected chi connectivity index (χ4v) is 3.78. The highest BCUT2D eigenvalue weighted by molar-refractivity contribution is 5.68. The molecule has 4 rings (SSSR count). The van der Waals surface area contributed by atoms with Crippen LogP contribution in [0, 0.1) is 6.92 Å². The Morgan fingerprint density at radius 1 is 0.917 bits per heavy atom. The van der Waals surface area contributed by atoms with E-state index in [0.717, 1.165) is 33.9 Å². The van der Waals surface area contributed by atoms with Crippen molar-refractivity contribution in [2.24, 2.45) is 0 Å². The first kappa shape index (κ1) is 25.0. The average molecular weight is 485 g/mol. The van der Waals surface area contributed by atoms with Crippen LogP contribution in [0.4, 0.5) is 4.79 Å². The molecular formula is C30H32N2O4. The van der Waals surface area contributed by atoms with E-state index in [9.17, 15) is 4.79 Å². The van der Waals surface area contributed by atoms with Gasteiger partial charge in [0.2, 0.25) is 5.89 Å². The van der Waals surface area contributed by atoms with Crippen molar-refractivity contribution in [1.29, 1.82) is 0 Å². The Kier molecular flexibility index (Phi) is 8.40. The maximum absolute atomic E-state index is 12.7. The number of carbonyl (C=O) groups excluding carboxylic acids is 1. The minimum atomic E-state index is -0.327. The Hall–Kier alpha value is -4.06. The molecule has 1 aromatic heterocycles. The number of hydrogen-bond donors (Lipinski definition) is 0. The Labute approximate surface area is 212 Å². The quantitative estimate of drug-likeness (QED) is 0.247. The van der Waals surface area contributed by atoms with Gasteiger partial charge in [-0.25, -0.2) is 9.78 Å². The molecule has 0 unspecified atom stereocenters. The molecule has 0 fully saturated rings. The number of rotatable bonds is 10. The summed E-state index contributed by atoms with van der Waals surface area (Å²) in [5, 5.41) is 0. The largest absolute Gasteiger partial charge is 0.493 e. The van der Waals surface area contributed by atoms with E-state index in [1.165, 1.54) is 0 Å². The summed E-state index contributed by atoms with van der Waals surface area (Å²) in [5.74, 6) is 2.20. The third-order valence-electron chi connectivity index (χ3n) is 5.86. The Morgan fingerprint density at radius 2 is 1.58 bits per heavy atom. The summed E-state index contributed by atoms with van der Waals surface area (Å²) in [6.07, 6.45) is 0.324. The van der Waals surface area contributed by atoms with Crippen molar-refractivity contribution in [3.05, 3.63) is 108 Å². The first-order valence-electron chi connectivity index (χ1n) is 12.2. The lowest BCUT2D eigenvalue weighted by molar-refractivity contribution is 0.0829. The van der Waals surface area contributed by atoms with Crippen molar-refractivity contribution >= 4 is 6.09 Å². The standard InChI is InChI=1S/C30H32N2O4/c1-22(2)32(30(33)35-21-25-10-6-4-7-11-25)20-24-14-16-27(17-15-24)34-19-18-28-23(3)36-29(31-28)26-12-8-5-9-13-26/h4-17,22H,18-21H2,1-3H3. The van der Waals surface area contributed by atoms with Crippen molar-refractivity contribution in [3.63, 3.8) is 0 Å². The van der Waals surface area contributed by atoms with Crippen LogP contribution in [0.25, 0.3) is 11.5 Å². The lowest BCUT2D eigenvalue weighted by Crippen LogP contribution is -2.36. The third-order valence-corrected chi connectivity index (χ3v) is 5.86. The molecule has 36 heavy (non-hydrogen) atoms. The second kappa shape index (κ2) is 12.1. The Bertz CT molecular complexity index is 1240. The monoisotopic (exact) mass is 484 g/mol. The van der Waals surface area contributed by atoms with E-state index >= 15 is 0 Å². The Balaban J connectivity index is 1.28. The zero-order valence-corrected chi connectivity index (χ0v) is 21.0. The average Bonchev–Trinajstić information content (AvgIpc) is 3.28. The van der Waals surface area contributed by atoms with E-state index in [0.29, 0.717) is 25.5 Å². The molecule has 0 N–H and O–H groups in total. The summed E-state index contributed by atoms with van der Waals surface area (Å²) in [7, 11) is 0. The molecule has 0 saturated carbocycles. The number of carbonyl (C=O) groups is 1. The molecule has 0 aliphatic heterocycles. The van der Waals surface area contributed by atoms with Crippen LogP contribution in [0.15, 0.2) is 89.3 Å². The van der Waals surface area contributed by atoms with Gasteiger partial charge < -0.3 is 18.8 Å². The molecule has 0 radical (unpaired) electrons. The molecular weight excluding hydrogens is 452 g/mol. The fourth-order valence-electron chi connectivity index (χ4n) is 3.78. The third kappa shape index (κ3) is 6.75. The Morgan fingerprint density at radius 3 is 2.25 bits per heavy atom. The van der Waals surface area contributed by atoms with E-state index in [1.54, 1.807) is 4.90 Å². The van der Waals surface area contributed by atoms with Crippen LogP contribution >= 0.6 is 0 Å². The van der Waals surface area contributed by atoms with Gasteiger partial charge in [0, 0.05) is 24.6 Å². The fraction of sp³-hybridized carbons (Fsp3) is 0.267. The van der Waals surface area contributed by atoms with Crippen LogP contribution in [0.1, 0.15) is 36.4 Å². The second-order valence-corrected chi connectivity index (χ2v) is 8.89. The normalized spacial score (nSPS) is 10.9. The zero-order valence-electron chi connectivity index (χ0n) is 21.0. The van der Waals surface area contributed by atoms with Gasteiger partial charge in [0.05, 0.1) is 12.3 Å². The number of oxazole rings is 1. The molecule has 186 valence electrons. The van der Waals surface area contributed by atoms with Crippen molar-refractivity contribution < 1.29 is 18.7 Å². The van der Waals surface area contributed by atoms with E-state index < -0.39 is 0 Å². The molecule has 4 aromatic rings. The summed E-state index contributed by atoms with van der Waals surface area (Å²) in [4.78, 5) is 19.0. The molecule has 3 aromatic carbocycles. The molecule has 0 saturated heterocycles. The summed E-state index contributed by atoms with van der Waals surface area (Å²) >= 11 is 0. The van der Waals surface area contributed by atoms with Crippen LogP contribution in [0.3, 0.4) is 0 Å².